The van der Waals surface area contributed by atoms with Gasteiger partial charge in [0.05, 0.1) is 17.0 Å². The molecule has 1 aliphatic carbocycles. The van der Waals surface area contributed by atoms with Crippen LogP contribution in [0.1, 0.15) is 65.0 Å². The van der Waals surface area contributed by atoms with Crippen molar-refractivity contribution in [1.29, 1.82) is 0 Å². The Labute approximate surface area is 214 Å². The zero-order valence-electron chi connectivity index (χ0n) is 20.8. The van der Waals surface area contributed by atoms with Gasteiger partial charge in [-0.2, -0.15) is 0 Å². The summed E-state index contributed by atoms with van der Waals surface area (Å²) in [6.45, 7) is 4.79. The number of carbonyl (C=O) groups excluding carboxylic acids is 1. The number of terminal acetylenes is 1. The number of carboxylic acid groups (broad SMARTS) is 1. The summed E-state index contributed by atoms with van der Waals surface area (Å²) < 4.78 is 6.41. The number of nitrogens with one attached hydrogen (secondary N) is 1. The normalized spacial score (nSPS) is 16.1. The van der Waals surface area contributed by atoms with Crippen molar-refractivity contribution in [3.05, 3.63) is 80.7 Å². The summed E-state index contributed by atoms with van der Waals surface area (Å²) in [5, 5.41) is 13.2. The van der Waals surface area contributed by atoms with E-state index in [0.29, 0.717) is 41.9 Å². The zero-order chi connectivity index (χ0) is 26.3. The number of aryl methyl sites for hydroxylation is 1. The van der Waals surface area contributed by atoms with E-state index in [1.165, 1.54) is 6.07 Å². The van der Waals surface area contributed by atoms with Crippen molar-refractivity contribution in [3.63, 3.8) is 0 Å². The van der Waals surface area contributed by atoms with Gasteiger partial charge in [-0.05, 0) is 62.4 Å². The largest absolute Gasteiger partial charge is 0.478 e. The van der Waals surface area contributed by atoms with Crippen molar-refractivity contribution in [2.75, 3.05) is 18.4 Å². The van der Waals surface area contributed by atoms with Crippen LogP contribution in [-0.2, 0) is 4.79 Å². The minimum absolute atomic E-state index is 0.153. The van der Waals surface area contributed by atoms with E-state index >= 15 is 0 Å². The number of para-hydroxylation sites is 1. The lowest BCUT2D eigenvalue weighted by Crippen LogP contribution is -2.35. The number of hydrogen-bond acceptors (Lipinski definition) is 5. The molecule has 1 amide bonds. The van der Waals surface area contributed by atoms with Crippen molar-refractivity contribution in [2.45, 2.75) is 39.2 Å². The standard InChI is InChI=1S/C30H28N2O5/c1-4-21-26(33)24-16-17(2)15-23(18(3)31-25-8-6-5-7-22(25)30(35)36)28(24)37-27(21)19-11-13-32(14-12-19)29(34)20-9-10-20/h1,5-8,11,15-16,18,20,31H,9-10,12-14H2,2-3H3,(H,35,36)/t18-/m1/s1. The third-order valence-electron chi connectivity index (χ3n) is 7.04. The molecule has 0 saturated heterocycles. The second kappa shape index (κ2) is 9.62. The maximum atomic E-state index is 13.5. The first-order valence-corrected chi connectivity index (χ1v) is 12.4. The molecular weight excluding hydrogens is 468 g/mol. The van der Waals surface area contributed by atoms with Crippen molar-refractivity contribution >= 4 is 34.1 Å². The fourth-order valence-electron chi connectivity index (χ4n) is 4.92. The van der Waals surface area contributed by atoms with Crippen LogP contribution in [0.3, 0.4) is 0 Å². The molecule has 0 spiro atoms. The van der Waals surface area contributed by atoms with Crippen LogP contribution in [0.4, 0.5) is 5.69 Å². The summed E-state index contributed by atoms with van der Waals surface area (Å²) >= 11 is 0. The molecule has 1 fully saturated rings. The second-order valence-electron chi connectivity index (χ2n) is 9.77. The van der Waals surface area contributed by atoms with Crippen LogP contribution in [0.15, 0.2) is 51.7 Å². The molecule has 5 rings (SSSR count). The Hall–Kier alpha value is -4.31. The molecule has 1 saturated carbocycles. The van der Waals surface area contributed by atoms with E-state index in [9.17, 15) is 19.5 Å². The van der Waals surface area contributed by atoms with Crippen molar-refractivity contribution in [1.82, 2.24) is 4.90 Å². The maximum Gasteiger partial charge on any atom is 0.337 e. The fourth-order valence-corrected chi connectivity index (χ4v) is 4.92. The van der Waals surface area contributed by atoms with Gasteiger partial charge in [0, 0.05) is 30.3 Å². The SMILES string of the molecule is C#Cc1c(C2=CCN(C(=O)C3CC3)CC2)oc2c([C@@H](C)Nc3ccccc3C(=O)O)cc(C)cc2c1=O. The van der Waals surface area contributed by atoms with Crippen LogP contribution in [0.2, 0.25) is 0 Å². The van der Waals surface area contributed by atoms with Crippen molar-refractivity contribution in [2.24, 2.45) is 5.92 Å². The van der Waals surface area contributed by atoms with Gasteiger partial charge in [-0.1, -0.05) is 30.2 Å². The highest BCUT2D eigenvalue weighted by Gasteiger charge is 2.34. The van der Waals surface area contributed by atoms with Gasteiger partial charge in [0.1, 0.15) is 16.9 Å². The van der Waals surface area contributed by atoms with E-state index in [1.54, 1.807) is 24.3 Å². The van der Waals surface area contributed by atoms with Gasteiger partial charge in [-0.15, -0.1) is 6.42 Å². The van der Waals surface area contributed by atoms with Gasteiger partial charge in [0.2, 0.25) is 11.3 Å². The molecule has 37 heavy (non-hydrogen) atoms. The number of carbonyl (C=O) groups is 2. The van der Waals surface area contributed by atoms with Crippen LogP contribution < -0.4 is 10.7 Å². The average molecular weight is 497 g/mol. The molecule has 0 radical (unpaired) electrons. The Balaban J connectivity index is 1.57. The number of fused-ring (bicyclic) bond motifs is 1. The molecular formula is C30H28N2O5. The summed E-state index contributed by atoms with van der Waals surface area (Å²) in [5.74, 6) is 2.21. The van der Waals surface area contributed by atoms with E-state index in [2.05, 4.69) is 11.2 Å². The molecule has 2 aliphatic rings. The fraction of sp³-hybridized carbons (Fsp3) is 0.300. The van der Waals surface area contributed by atoms with Gasteiger partial charge in [-0.25, -0.2) is 4.79 Å². The zero-order valence-corrected chi connectivity index (χ0v) is 20.8. The van der Waals surface area contributed by atoms with Crippen molar-refractivity contribution < 1.29 is 19.1 Å². The predicted octanol–water partition coefficient (Wildman–Crippen LogP) is 4.98. The number of hydrogen-bond donors (Lipinski definition) is 2. The number of aromatic carboxylic acids is 1. The number of amides is 1. The summed E-state index contributed by atoms with van der Waals surface area (Å²) in [6.07, 6.45) is 10.2. The smallest absolute Gasteiger partial charge is 0.337 e. The molecule has 7 heteroatoms. The topological polar surface area (TPSA) is 99.8 Å². The molecule has 2 aromatic carbocycles. The Kier molecular flexibility index (Phi) is 6.34. The van der Waals surface area contributed by atoms with Crippen molar-refractivity contribution in [3.8, 4) is 12.3 Å². The summed E-state index contributed by atoms with van der Waals surface area (Å²) in [5.41, 5.74) is 3.32. The first-order chi connectivity index (χ1) is 17.8. The lowest BCUT2D eigenvalue weighted by Gasteiger charge is -2.27. The molecule has 3 aromatic rings. The van der Waals surface area contributed by atoms with E-state index in [-0.39, 0.29) is 34.4 Å². The van der Waals surface area contributed by atoms with Crippen LogP contribution >= 0.6 is 0 Å². The molecule has 0 bridgehead atoms. The highest BCUT2D eigenvalue weighted by molar-refractivity contribution is 5.94. The quantitative estimate of drug-likeness (QED) is 0.467. The third-order valence-corrected chi connectivity index (χ3v) is 7.04. The van der Waals surface area contributed by atoms with Crippen LogP contribution in [0, 0.1) is 25.2 Å². The Morgan fingerprint density at radius 1 is 1.24 bits per heavy atom. The Morgan fingerprint density at radius 3 is 2.65 bits per heavy atom. The molecule has 2 heterocycles. The summed E-state index contributed by atoms with van der Waals surface area (Å²) in [6, 6.07) is 10.00. The summed E-state index contributed by atoms with van der Waals surface area (Å²) in [4.78, 5) is 39.5. The third kappa shape index (κ3) is 4.63. The molecule has 2 N–H and O–H groups in total. The van der Waals surface area contributed by atoms with Gasteiger partial charge in [0.25, 0.3) is 0 Å². The molecule has 188 valence electrons. The predicted molar refractivity (Wildman–Crippen MR) is 142 cm³/mol. The van der Waals surface area contributed by atoms with Gasteiger partial charge < -0.3 is 19.7 Å². The highest BCUT2D eigenvalue weighted by atomic mass is 16.4. The van der Waals surface area contributed by atoms with E-state index in [4.69, 9.17) is 10.8 Å². The Morgan fingerprint density at radius 2 is 2.00 bits per heavy atom. The number of anilines is 1. The van der Waals surface area contributed by atoms with E-state index in [0.717, 1.165) is 29.5 Å². The molecule has 1 atom stereocenters. The first-order valence-electron chi connectivity index (χ1n) is 12.4. The molecule has 1 aliphatic heterocycles. The van der Waals surface area contributed by atoms with Crippen LogP contribution in [0.5, 0.6) is 0 Å². The minimum Gasteiger partial charge on any atom is -0.478 e. The second-order valence-corrected chi connectivity index (χ2v) is 9.77. The first kappa shape index (κ1) is 24.4. The minimum atomic E-state index is -1.03. The van der Waals surface area contributed by atoms with E-state index < -0.39 is 5.97 Å². The number of nitrogens with zero attached hydrogens (tertiary/aromatic N) is 1. The summed E-state index contributed by atoms with van der Waals surface area (Å²) in [7, 11) is 0. The lowest BCUT2D eigenvalue weighted by atomic mass is 9.96. The molecule has 1 aromatic heterocycles. The molecule has 7 nitrogen and oxygen atoms in total. The highest BCUT2D eigenvalue weighted by Crippen LogP contribution is 2.35. The average Bonchev–Trinajstić information content (AvgIpc) is 3.74. The maximum absolute atomic E-state index is 13.5. The van der Waals surface area contributed by atoms with Crippen LogP contribution in [0.25, 0.3) is 16.5 Å². The van der Waals surface area contributed by atoms with E-state index in [1.807, 2.05) is 30.9 Å². The van der Waals surface area contributed by atoms with Gasteiger partial charge in [-0.3, -0.25) is 9.59 Å². The number of rotatable bonds is 6. The van der Waals surface area contributed by atoms with Crippen LogP contribution in [-0.4, -0.2) is 35.0 Å². The lowest BCUT2D eigenvalue weighted by molar-refractivity contribution is -0.132. The molecule has 0 unspecified atom stereocenters. The number of carboxylic acids is 1. The van der Waals surface area contributed by atoms with Gasteiger partial charge >= 0.3 is 5.97 Å². The Bertz CT molecular complexity index is 1550. The number of benzene rings is 2. The monoisotopic (exact) mass is 496 g/mol. The van der Waals surface area contributed by atoms with Gasteiger partial charge in [0.15, 0.2) is 0 Å².